The lowest BCUT2D eigenvalue weighted by molar-refractivity contribution is 0.277. The summed E-state index contributed by atoms with van der Waals surface area (Å²) in [6.07, 6.45) is 1.70. The Hall–Kier alpha value is -0.0400. The second-order valence-electron chi connectivity index (χ2n) is 1.40. The van der Waals surface area contributed by atoms with Gasteiger partial charge in [0.2, 0.25) is 0 Å². The van der Waals surface area contributed by atoms with Crippen molar-refractivity contribution in [2.45, 2.75) is 12.8 Å². The normalized spacial score (nSPS) is 32.2. The summed E-state index contributed by atoms with van der Waals surface area (Å²) >= 11 is 0. The van der Waals surface area contributed by atoms with Crippen molar-refractivity contribution in [3.63, 3.8) is 0 Å². The van der Waals surface area contributed by atoms with Crippen LogP contribution in [0.2, 0.25) is 0 Å². The minimum absolute atomic E-state index is 0.0625. The van der Waals surface area contributed by atoms with Gasteiger partial charge in [-0.05, 0) is 18.8 Å². The van der Waals surface area contributed by atoms with Crippen LogP contribution in [0.5, 0.6) is 0 Å². The fourth-order valence-corrected chi connectivity index (χ4v) is 0.212. The first-order chi connectivity index (χ1) is 3.11. The van der Waals surface area contributed by atoms with Crippen molar-refractivity contribution in [3.05, 3.63) is 0 Å². The van der Waals surface area contributed by atoms with Crippen molar-refractivity contribution in [2.24, 2.45) is 5.92 Å². The maximum Gasteiger partial charge on any atom is 0.0567 e. The molecule has 0 radical (unpaired) electrons. The molecule has 1 saturated carbocycles. The predicted molar refractivity (Wildman–Crippen MR) is 19.8 cm³/mol. The summed E-state index contributed by atoms with van der Waals surface area (Å²) in [6, 6.07) is 0. The minimum Gasteiger partial charge on any atom is -0.396 e. The van der Waals surface area contributed by atoms with Crippen LogP contribution in [0.4, 0.5) is 0 Å². The van der Waals surface area contributed by atoms with Crippen molar-refractivity contribution in [1.29, 1.82) is 0 Å². The third kappa shape index (κ3) is 0.618. The van der Waals surface area contributed by atoms with Crippen molar-refractivity contribution in [1.82, 2.24) is 0 Å². The van der Waals surface area contributed by atoms with Gasteiger partial charge in [-0.25, -0.2) is 0 Å². The molecule has 0 heterocycles. The molecule has 0 spiro atoms. The predicted octanol–water partition coefficient (Wildman–Crippen LogP) is 0.389. The molecule has 1 N–H and O–H groups in total. The molecule has 0 aliphatic heterocycles. The lowest BCUT2D eigenvalue weighted by Gasteiger charge is -1.73. The highest BCUT2D eigenvalue weighted by molar-refractivity contribution is 4.70. The second kappa shape index (κ2) is 0.977. The maximum absolute atomic E-state index is 8.49. The Balaban J connectivity index is 2.36. The van der Waals surface area contributed by atoms with Gasteiger partial charge in [0.15, 0.2) is 0 Å². The fourth-order valence-electron chi connectivity index (χ4n) is 0.212. The van der Waals surface area contributed by atoms with Gasteiger partial charge in [-0.3, -0.25) is 0 Å². The lowest BCUT2D eigenvalue weighted by Crippen LogP contribution is -1.78. The van der Waals surface area contributed by atoms with Crippen LogP contribution in [0, 0.1) is 5.92 Å². The number of rotatable bonds is 1. The highest BCUT2D eigenvalue weighted by Gasteiger charge is 2.18. The van der Waals surface area contributed by atoms with E-state index >= 15 is 0 Å². The Bertz CT molecular complexity index is 72.2. The molecule has 0 amide bonds. The highest BCUT2D eigenvalue weighted by atomic mass is 16.3. The molecule has 1 fully saturated rings. The van der Waals surface area contributed by atoms with E-state index in [1.54, 1.807) is 0 Å². The first-order valence-corrected chi connectivity index (χ1v) is 1.83. The Morgan fingerprint density at radius 2 is 2.60 bits per heavy atom. The van der Waals surface area contributed by atoms with Gasteiger partial charge in [-0.2, -0.15) is 0 Å². The molecule has 1 rings (SSSR count). The monoisotopic (exact) mass is 74.1 g/mol. The Kier molecular flexibility index (Phi) is 0.314. The molecular formula is C4H8O. The van der Waals surface area contributed by atoms with E-state index in [1.165, 1.54) is 0 Å². The first-order valence-electron chi connectivity index (χ1n) is 2.83. The van der Waals surface area contributed by atoms with Crippen LogP contribution in [0.1, 0.15) is 15.6 Å². The smallest absolute Gasteiger partial charge is 0.0567 e. The van der Waals surface area contributed by atoms with Gasteiger partial charge in [-0.1, -0.05) is 0 Å². The van der Waals surface area contributed by atoms with Crippen molar-refractivity contribution in [2.75, 3.05) is 6.56 Å². The largest absolute Gasteiger partial charge is 0.396 e. The van der Waals surface area contributed by atoms with Crippen LogP contribution in [-0.2, 0) is 0 Å². The minimum atomic E-state index is -1.89. The zero-order valence-corrected chi connectivity index (χ0v) is 2.94. The van der Waals surface area contributed by atoms with E-state index in [-0.39, 0.29) is 5.92 Å². The molecule has 0 bridgehead atoms. The first kappa shape index (κ1) is 1.61. The van der Waals surface area contributed by atoms with Gasteiger partial charge < -0.3 is 5.11 Å². The van der Waals surface area contributed by atoms with E-state index in [0.29, 0.717) is 0 Å². The van der Waals surface area contributed by atoms with Crippen molar-refractivity contribution >= 4 is 0 Å². The molecule has 1 nitrogen and oxygen atoms in total. The molecule has 0 aromatic rings. The summed E-state index contributed by atoms with van der Waals surface area (Å²) in [7, 11) is 0. The zero-order chi connectivity index (χ0) is 5.49. The molecule has 30 valence electrons. The van der Waals surface area contributed by atoms with E-state index in [1.807, 2.05) is 0 Å². The van der Waals surface area contributed by atoms with E-state index in [2.05, 4.69) is 0 Å². The molecule has 1 aliphatic carbocycles. The molecule has 1 heteroatoms. The van der Waals surface area contributed by atoms with Crippen LogP contribution in [0.3, 0.4) is 0 Å². The molecular weight excluding hydrogens is 64.0 g/mol. The standard InChI is InChI=1S/C4H8O/c5-3-4-1-2-4/h4-5H,1-3H2/i3D2. The van der Waals surface area contributed by atoms with E-state index < -0.39 is 6.56 Å². The molecule has 0 aromatic carbocycles. The SMILES string of the molecule is [2H]C([2H])(O)C1CC1. The topological polar surface area (TPSA) is 20.2 Å². The molecule has 0 aromatic heterocycles. The van der Waals surface area contributed by atoms with Crippen LogP contribution >= 0.6 is 0 Å². The molecule has 0 saturated heterocycles. The fraction of sp³-hybridized carbons (Fsp3) is 1.00. The van der Waals surface area contributed by atoms with E-state index in [0.717, 1.165) is 12.8 Å². The summed E-state index contributed by atoms with van der Waals surface area (Å²) < 4.78 is 13.3. The average Bonchev–Trinajstić information content (AvgIpc) is 1.99. The maximum atomic E-state index is 8.49. The third-order valence-corrected chi connectivity index (χ3v) is 0.760. The zero-order valence-electron chi connectivity index (χ0n) is 4.94. The van der Waals surface area contributed by atoms with Crippen LogP contribution in [0.25, 0.3) is 0 Å². The number of aliphatic hydroxyl groups is 1. The summed E-state index contributed by atoms with van der Waals surface area (Å²) in [4.78, 5) is 0. The van der Waals surface area contributed by atoms with Crippen molar-refractivity contribution in [3.8, 4) is 0 Å². The molecule has 0 atom stereocenters. The second-order valence-corrected chi connectivity index (χ2v) is 1.40. The highest BCUT2D eigenvalue weighted by Crippen LogP contribution is 2.27. The van der Waals surface area contributed by atoms with E-state index in [4.69, 9.17) is 7.85 Å². The molecule has 0 unspecified atom stereocenters. The van der Waals surface area contributed by atoms with Gasteiger partial charge in [0.1, 0.15) is 0 Å². The van der Waals surface area contributed by atoms with Crippen LogP contribution in [-0.4, -0.2) is 11.7 Å². The van der Waals surface area contributed by atoms with Gasteiger partial charge in [0.05, 0.1) is 2.74 Å². The third-order valence-electron chi connectivity index (χ3n) is 0.760. The molecule has 5 heavy (non-hydrogen) atoms. The van der Waals surface area contributed by atoms with Gasteiger partial charge in [0.25, 0.3) is 0 Å². The van der Waals surface area contributed by atoms with Gasteiger partial charge in [-0.15, -0.1) is 0 Å². The quantitative estimate of drug-likeness (QED) is 0.477. The van der Waals surface area contributed by atoms with Gasteiger partial charge in [0, 0.05) is 6.56 Å². The Morgan fingerprint density at radius 1 is 2.00 bits per heavy atom. The summed E-state index contributed by atoms with van der Waals surface area (Å²) in [5.41, 5.74) is 0. The Morgan fingerprint density at radius 3 is 2.60 bits per heavy atom. The number of hydrogen-bond donors (Lipinski definition) is 1. The van der Waals surface area contributed by atoms with Crippen molar-refractivity contribution < 1.29 is 7.85 Å². The van der Waals surface area contributed by atoms with Crippen LogP contribution < -0.4 is 0 Å². The Labute approximate surface area is 34.4 Å². The molecule has 1 aliphatic rings. The summed E-state index contributed by atoms with van der Waals surface area (Å²) in [5.74, 6) is -0.0625. The lowest BCUT2D eigenvalue weighted by atomic mass is 10.5. The van der Waals surface area contributed by atoms with Gasteiger partial charge >= 0.3 is 0 Å². The average molecular weight is 74.1 g/mol. The van der Waals surface area contributed by atoms with E-state index in [9.17, 15) is 0 Å². The number of hydrogen-bond acceptors (Lipinski definition) is 1. The summed E-state index contributed by atoms with van der Waals surface area (Å²) in [5, 5.41) is 8.49. The van der Waals surface area contributed by atoms with Crippen LogP contribution in [0.15, 0.2) is 0 Å². The summed E-state index contributed by atoms with van der Waals surface area (Å²) in [6.45, 7) is -1.89.